The van der Waals surface area contributed by atoms with Crippen molar-refractivity contribution in [2.75, 3.05) is 0 Å². The molecular weight excluding hydrogens is 304 g/mol. The quantitative estimate of drug-likeness (QED) is 0.681. The smallest absolute Gasteiger partial charge is 0.0886 e. The third-order valence-electron chi connectivity index (χ3n) is 1.45. The Balaban J connectivity index is 0.000000810. The van der Waals surface area contributed by atoms with Crippen molar-refractivity contribution in [2.24, 2.45) is 0 Å². The van der Waals surface area contributed by atoms with Crippen LogP contribution in [0.1, 0.15) is 25.7 Å². The fourth-order valence-corrected chi connectivity index (χ4v) is 0.915. The molecule has 59 valence electrons. The first-order valence-electron chi connectivity index (χ1n) is 3.42. The zero-order valence-corrected chi connectivity index (χ0v) is 8.24. The Bertz CT molecular complexity index is 138. The first kappa shape index (κ1) is 9.93. The summed E-state index contributed by atoms with van der Waals surface area (Å²) in [6.07, 6.45) is 10.1. The van der Waals surface area contributed by atoms with Gasteiger partial charge < -0.3 is 5.11 Å². The zero-order chi connectivity index (χ0) is 6.53. The van der Waals surface area contributed by atoms with E-state index < -0.39 is 0 Å². The summed E-state index contributed by atoms with van der Waals surface area (Å²) >= 11 is 0. The molecule has 10 heavy (non-hydrogen) atoms. The van der Waals surface area contributed by atoms with Crippen LogP contribution < -0.4 is 0 Å². The summed E-state index contributed by atoms with van der Waals surface area (Å²) in [5.41, 5.74) is 0. The van der Waals surface area contributed by atoms with Gasteiger partial charge >= 0.3 is 0 Å². The molecule has 1 nitrogen and oxygen atoms in total. The topological polar surface area (TPSA) is 20.2 Å². The van der Waals surface area contributed by atoms with E-state index in [2.05, 4.69) is 12.2 Å². The second-order valence-electron chi connectivity index (χ2n) is 2.28. The van der Waals surface area contributed by atoms with Crippen LogP contribution in [-0.4, -0.2) is 5.11 Å². The Morgan fingerprint density at radius 2 is 1.80 bits per heavy atom. The van der Waals surface area contributed by atoms with Crippen molar-refractivity contribution in [1.29, 1.82) is 0 Å². The third kappa shape index (κ3) is 3.86. The van der Waals surface area contributed by atoms with Crippen LogP contribution >= 0.6 is 0 Å². The van der Waals surface area contributed by atoms with Crippen LogP contribution in [-0.2, 0) is 20.1 Å². The summed E-state index contributed by atoms with van der Waals surface area (Å²) in [6.45, 7) is 0. The van der Waals surface area contributed by atoms with Gasteiger partial charge in [-0.2, -0.15) is 0 Å². The Morgan fingerprint density at radius 1 is 1.10 bits per heavy atom. The molecule has 0 bridgehead atoms. The average molecular weight is 316 g/mol. The molecule has 0 heterocycles. The summed E-state index contributed by atoms with van der Waals surface area (Å²) < 4.78 is 0. The first-order valence-corrected chi connectivity index (χ1v) is 3.42. The number of hydrogen-bond acceptors (Lipinski definition) is 1. The molecule has 0 aliphatic heterocycles. The van der Waals surface area contributed by atoms with Crippen LogP contribution in [0, 0.1) is 0 Å². The number of aliphatic hydroxyl groups excluding tert-OH is 1. The van der Waals surface area contributed by atoms with Crippen LogP contribution in [0.3, 0.4) is 0 Å². The van der Waals surface area contributed by atoms with E-state index in [1.807, 2.05) is 6.08 Å². The van der Waals surface area contributed by atoms with Crippen molar-refractivity contribution in [2.45, 2.75) is 25.7 Å². The first-order chi connectivity index (χ1) is 4.39. The maximum Gasteiger partial charge on any atom is 0.0886 e. The number of hydrogen-bond donors (Lipinski definition) is 1. The van der Waals surface area contributed by atoms with Crippen molar-refractivity contribution in [3.8, 4) is 0 Å². The van der Waals surface area contributed by atoms with Crippen LogP contribution in [0.15, 0.2) is 24.0 Å². The number of aliphatic hydroxyl groups is 1. The summed E-state index contributed by atoms with van der Waals surface area (Å²) in [4.78, 5) is 0. The average Bonchev–Trinajstić information content (AvgIpc) is 1.79. The fraction of sp³-hybridized carbons (Fsp3) is 0.500. The molecule has 1 rings (SSSR count). The molecule has 1 N–H and O–H groups in total. The minimum absolute atomic E-state index is 0. The minimum Gasteiger partial charge on any atom is -0.513 e. The molecular formula is C8H12IrO. The second-order valence-corrected chi connectivity index (χ2v) is 2.28. The number of allylic oxidation sites excluding steroid dienone is 4. The molecule has 0 aromatic carbocycles. The van der Waals surface area contributed by atoms with E-state index in [1.165, 1.54) is 0 Å². The Hall–Kier alpha value is -0.0706. The summed E-state index contributed by atoms with van der Waals surface area (Å²) in [7, 11) is 0. The fourth-order valence-electron chi connectivity index (χ4n) is 0.915. The molecule has 2 heteroatoms. The van der Waals surface area contributed by atoms with Gasteiger partial charge in [-0.3, -0.25) is 0 Å². The predicted octanol–water partition coefficient (Wildman–Crippen LogP) is 2.56. The summed E-state index contributed by atoms with van der Waals surface area (Å²) in [5.74, 6) is 0.555. The van der Waals surface area contributed by atoms with Crippen LogP contribution in [0.5, 0.6) is 0 Å². The van der Waals surface area contributed by atoms with Crippen molar-refractivity contribution in [3.05, 3.63) is 24.0 Å². The number of rotatable bonds is 0. The van der Waals surface area contributed by atoms with Crippen molar-refractivity contribution in [3.63, 3.8) is 0 Å². The molecule has 0 saturated carbocycles. The maximum atomic E-state index is 9.04. The third-order valence-corrected chi connectivity index (χ3v) is 1.45. The molecule has 0 fully saturated rings. The minimum atomic E-state index is 0. The van der Waals surface area contributed by atoms with Gasteiger partial charge in [0.25, 0.3) is 0 Å². The molecule has 0 atom stereocenters. The Labute approximate surface area is 75.2 Å². The molecule has 0 unspecified atom stereocenters. The van der Waals surface area contributed by atoms with Gasteiger partial charge in [0, 0.05) is 26.5 Å². The molecule has 1 radical (unpaired) electrons. The Morgan fingerprint density at radius 3 is 2.60 bits per heavy atom. The SMILES string of the molecule is OC1=CCCC=CCC1.[Ir]. The van der Waals surface area contributed by atoms with Gasteiger partial charge in [0.15, 0.2) is 0 Å². The van der Waals surface area contributed by atoms with E-state index in [1.54, 1.807) is 0 Å². The molecule has 0 aromatic rings. The van der Waals surface area contributed by atoms with Gasteiger partial charge in [-0.15, -0.1) is 0 Å². The second kappa shape index (κ2) is 5.69. The monoisotopic (exact) mass is 317 g/mol. The van der Waals surface area contributed by atoms with E-state index >= 15 is 0 Å². The van der Waals surface area contributed by atoms with Gasteiger partial charge in [0.1, 0.15) is 0 Å². The predicted molar refractivity (Wildman–Crippen MR) is 38.3 cm³/mol. The van der Waals surface area contributed by atoms with Crippen LogP contribution in [0.25, 0.3) is 0 Å². The van der Waals surface area contributed by atoms with Gasteiger partial charge in [-0.1, -0.05) is 12.2 Å². The molecule has 0 aromatic heterocycles. The van der Waals surface area contributed by atoms with Crippen molar-refractivity contribution in [1.82, 2.24) is 0 Å². The van der Waals surface area contributed by atoms with Gasteiger partial charge in [0.05, 0.1) is 5.76 Å². The molecule has 1 aliphatic carbocycles. The van der Waals surface area contributed by atoms with E-state index in [0.717, 1.165) is 25.7 Å². The van der Waals surface area contributed by atoms with E-state index in [4.69, 9.17) is 5.11 Å². The molecule has 0 amide bonds. The molecule has 0 saturated heterocycles. The van der Waals surface area contributed by atoms with E-state index in [9.17, 15) is 0 Å². The normalized spacial score (nSPS) is 18.2. The largest absolute Gasteiger partial charge is 0.513 e. The zero-order valence-electron chi connectivity index (χ0n) is 5.84. The van der Waals surface area contributed by atoms with E-state index in [0.29, 0.717) is 5.76 Å². The molecule has 0 spiro atoms. The van der Waals surface area contributed by atoms with Crippen molar-refractivity contribution >= 4 is 0 Å². The van der Waals surface area contributed by atoms with Gasteiger partial charge in [0.2, 0.25) is 0 Å². The Kier molecular flexibility index (Phi) is 5.65. The van der Waals surface area contributed by atoms with Crippen LogP contribution in [0.4, 0.5) is 0 Å². The van der Waals surface area contributed by atoms with Crippen LogP contribution in [0.2, 0.25) is 0 Å². The van der Waals surface area contributed by atoms with Crippen molar-refractivity contribution < 1.29 is 25.2 Å². The van der Waals surface area contributed by atoms with E-state index in [-0.39, 0.29) is 20.1 Å². The molecule has 1 aliphatic rings. The van der Waals surface area contributed by atoms with Gasteiger partial charge in [-0.05, 0) is 25.3 Å². The summed E-state index contributed by atoms with van der Waals surface area (Å²) in [5, 5.41) is 9.04. The standard InChI is InChI=1S/C8H12O.Ir/c9-8-6-4-2-1-3-5-7-8;/h1-2,7,9H,3-6H2;. The summed E-state index contributed by atoms with van der Waals surface area (Å²) in [6, 6.07) is 0. The van der Waals surface area contributed by atoms with Gasteiger partial charge in [-0.25, -0.2) is 0 Å². The maximum absolute atomic E-state index is 9.04.